The second kappa shape index (κ2) is 6.93. The summed E-state index contributed by atoms with van der Waals surface area (Å²) in [6, 6.07) is 8.52. The van der Waals surface area contributed by atoms with Gasteiger partial charge in [-0.15, -0.1) is 0 Å². The molecular weight excluding hydrogens is 366 g/mol. The summed E-state index contributed by atoms with van der Waals surface area (Å²) in [4.78, 5) is 44.4. The summed E-state index contributed by atoms with van der Waals surface area (Å²) in [5, 5.41) is 1.09. The Balaban J connectivity index is 1.62. The molecule has 0 radical (unpaired) electrons. The molecule has 6 nitrogen and oxygen atoms in total. The molecule has 4 amide bonds. The van der Waals surface area contributed by atoms with E-state index in [1.54, 1.807) is 0 Å². The fraction of sp³-hybridized carbons (Fsp3) is 0.400. The third-order valence-corrected chi connectivity index (χ3v) is 5.89. The first-order valence-electron chi connectivity index (χ1n) is 9.20. The van der Waals surface area contributed by atoms with E-state index in [2.05, 4.69) is 4.98 Å². The molecule has 4 rings (SSSR count). The van der Waals surface area contributed by atoms with Crippen LogP contribution in [0.3, 0.4) is 0 Å². The number of benzene rings is 1. The molecule has 2 atom stereocenters. The molecule has 2 heterocycles. The van der Waals surface area contributed by atoms with Crippen molar-refractivity contribution in [2.24, 2.45) is 5.92 Å². The van der Waals surface area contributed by atoms with Crippen molar-refractivity contribution < 1.29 is 14.4 Å². The number of pyridine rings is 1. The van der Waals surface area contributed by atoms with Crippen LogP contribution in [-0.2, 0) is 16.1 Å². The number of rotatable bonds is 3. The van der Waals surface area contributed by atoms with E-state index in [1.165, 1.54) is 0 Å². The van der Waals surface area contributed by atoms with Gasteiger partial charge in [0.1, 0.15) is 5.15 Å². The zero-order valence-corrected chi connectivity index (χ0v) is 15.8. The molecule has 140 valence electrons. The summed E-state index contributed by atoms with van der Waals surface area (Å²) < 4.78 is 0. The predicted molar refractivity (Wildman–Crippen MR) is 101 cm³/mol. The van der Waals surface area contributed by atoms with E-state index >= 15 is 0 Å². The van der Waals surface area contributed by atoms with E-state index in [0.717, 1.165) is 46.4 Å². The molecule has 27 heavy (non-hydrogen) atoms. The number of hydrogen-bond donors (Lipinski definition) is 0. The Labute approximate surface area is 162 Å². The summed E-state index contributed by atoms with van der Waals surface area (Å²) in [5.74, 6) is -1.32. The van der Waals surface area contributed by atoms with Gasteiger partial charge in [0, 0.05) is 17.0 Å². The molecule has 0 spiro atoms. The van der Waals surface area contributed by atoms with Gasteiger partial charge < -0.3 is 0 Å². The average molecular weight is 386 g/mol. The summed E-state index contributed by atoms with van der Waals surface area (Å²) in [6.45, 7) is 1.97. The average Bonchev–Trinajstić information content (AvgIpc) is 2.86. The van der Waals surface area contributed by atoms with Crippen LogP contribution in [0.5, 0.6) is 0 Å². The Morgan fingerprint density at radius 3 is 2.63 bits per heavy atom. The molecule has 0 unspecified atom stereocenters. The van der Waals surface area contributed by atoms with Gasteiger partial charge in [-0.05, 0) is 30.9 Å². The second-order valence-electron chi connectivity index (χ2n) is 7.31. The minimum absolute atomic E-state index is 0.0579. The summed E-state index contributed by atoms with van der Waals surface area (Å²) >= 11 is 6.26. The minimum atomic E-state index is -0.790. The van der Waals surface area contributed by atoms with Gasteiger partial charge in [0.2, 0.25) is 0 Å². The fourth-order valence-electron chi connectivity index (χ4n) is 4.05. The van der Waals surface area contributed by atoms with Gasteiger partial charge in [-0.2, -0.15) is 0 Å². The number of carbonyl (C=O) groups is 3. The summed E-state index contributed by atoms with van der Waals surface area (Å²) in [5.41, 5.74) is 1.28. The van der Waals surface area contributed by atoms with Gasteiger partial charge in [-0.1, -0.05) is 49.6 Å². The standard InChI is InChI=1S/C20H20ClN3O3/c1-12-6-2-5-9-16(12)24-19(26)18(25)23(20(24)27)11-14-10-13-7-3-4-8-15(13)22-17(14)21/h3-4,7-8,10,12,16H,2,5-6,9,11H2,1H3/t12-,16-/m0/s1. The van der Waals surface area contributed by atoms with Gasteiger partial charge in [-0.25, -0.2) is 9.78 Å². The lowest BCUT2D eigenvalue weighted by Gasteiger charge is -2.34. The molecule has 1 saturated heterocycles. The summed E-state index contributed by atoms with van der Waals surface area (Å²) in [7, 11) is 0. The maximum absolute atomic E-state index is 12.9. The van der Waals surface area contributed by atoms with Crippen molar-refractivity contribution in [3.05, 3.63) is 41.0 Å². The van der Waals surface area contributed by atoms with Crippen LogP contribution < -0.4 is 0 Å². The third kappa shape index (κ3) is 3.08. The zero-order chi connectivity index (χ0) is 19.1. The van der Waals surface area contributed by atoms with Gasteiger partial charge in [0.05, 0.1) is 12.1 Å². The molecule has 1 saturated carbocycles. The Bertz CT molecular complexity index is 945. The summed E-state index contributed by atoms with van der Waals surface area (Å²) in [6.07, 6.45) is 3.75. The third-order valence-electron chi connectivity index (χ3n) is 5.56. The van der Waals surface area contributed by atoms with Crippen molar-refractivity contribution in [2.75, 3.05) is 0 Å². The lowest BCUT2D eigenvalue weighted by molar-refractivity contribution is -0.144. The van der Waals surface area contributed by atoms with Crippen molar-refractivity contribution in [1.82, 2.24) is 14.8 Å². The van der Waals surface area contributed by atoms with Crippen LogP contribution in [0.25, 0.3) is 10.9 Å². The van der Waals surface area contributed by atoms with E-state index in [1.807, 2.05) is 37.3 Å². The minimum Gasteiger partial charge on any atom is -0.263 e. The van der Waals surface area contributed by atoms with Gasteiger partial charge in [0.25, 0.3) is 0 Å². The molecule has 1 aromatic heterocycles. The van der Waals surface area contributed by atoms with Crippen molar-refractivity contribution in [1.29, 1.82) is 0 Å². The highest BCUT2D eigenvalue weighted by Crippen LogP contribution is 2.32. The molecule has 2 fully saturated rings. The van der Waals surface area contributed by atoms with Crippen molar-refractivity contribution >= 4 is 40.3 Å². The first kappa shape index (κ1) is 17.9. The monoisotopic (exact) mass is 385 g/mol. The maximum Gasteiger partial charge on any atom is 0.334 e. The topological polar surface area (TPSA) is 70.6 Å². The Morgan fingerprint density at radius 2 is 1.85 bits per heavy atom. The predicted octanol–water partition coefficient (Wildman–Crippen LogP) is 3.76. The highest BCUT2D eigenvalue weighted by atomic mass is 35.5. The van der Waals surface area contributed by atoms with Crippen LogP contribution in [0.4, 0.5) is 4.79 Å². The van der Waals surface area contributed by atoms with E-state index in [9.17, 15) is 14.4 Å². The number of aromatic nitrogens is 1. The van der Waals surface area contributed by atoms with E-state index in [4.69, 9.17) is 11.6 Å². The van der Waals surface area contributed by atoms with Crippen LogP contribution in [0.2, 0.25) is 5.15 Å². The Hall–Kier alpha value is -2.47. The normalized spacial score (nSPS) is 23.6. The van der Waals surface area contributed by atoms with Gasteiger partial charge >= 0.3 is 17.8 Å². The number of urea groups is 1. The molecule has 1 aromatic carbocycles. The van der Waals surface area contributed by atoms with Gasteiger partial charge in [0.15, 0.2) is 0 Å². The van der Waals surface area contributed by atoms with E-state index in [0.29, 0.717) is 5.56 Å². The van der Waals surface area contributed by atoms with E-state index < -0.39 is 17.8 Å². The number of hydrogen-bond acceptors (Lipinski definition) is 4. The van der Waals surface area contributed by atoms with Crippen LogP contribution in [0, 0.1) is 5.92 Å². The van der Waals surface area contributed by atoms with Crippen LogP contribution >= 0.6 is 11.6 Å². The quantitative estimate of drug-likeness (QED) is 0.458. The highest BCUT2D eigenvalue weighted by molar-refractivity contribution is 6.44. The first-order chi connectivity index (χ1) is 13.0. The van der Waals surface area contributed by atoms with Gasteiger partial charge in [-0.3, -0.25) is 19.4 Å². The van der Waals surface area contributed by atoms with Crippen LogP contribution in [0.15, 0.2) is 30.3 Å². The van der Waals surface area contributed by atoms with Crippen LogP contribution in [-0.4, -0.2) is 38.7 Å². The number of imide groups is 2. The molecule has 0 N–H and O–H groups in total. The Kier molecular flexibility index (Phi) is 4.60. The van der Waals surface area contributed by atoms with E-state index in [-0.39, 0.29) is 23.7 Å². The van der Waals surface area contributed by atoms with Crippen molar-refractivity contribution in [2.45, 2.75) is 45.2 Å². The second-order valence-corrected chi connectivity index (χ2v) is 7.67. The number of amides is 4. The molecule has 0 bridgehead atoms. The smallest absolute Gasteiger partial charge is 0.263 e. The van der Waals surface area contributed by atoms with Crippen molar-refractivity contribution in [3.63, 3.8) is 0 Å². The zero-order valence-electron chi connectivity index (χ0n) is 15.0. The first-order valence-corrected chi connectivity index (χ1v) is 9.58. The van der Waals surface area contributed by atoms with Crippen LogP contribution in [0.1, 0.15) is 38.2 Å². The number of carbonyl (C=O) groups excluding carboxylic acids is 3. The van der Waals surface area contributed by atoms with Crippen molar-refractivity contribution in [3.8, 4) is 0 Å². The Morgan fingerprint density at radius 1 is 1.11 bits per heavy atom. The molecule has 1 aliphatic carbocycles. The maximum atomic E-state index is 12.9. The fourth-order valence-corrected chi connectivity index (χ4v) is 4.26. The molecular formula is C20H20ClN3O3. The number of fused-ring (bicyclic) bond motifs is 1. The highest BCUT2D eigenvalue weighted by Gasteiger charge is 2.49. The lowest BCUT2D eigenvalue weighted by Crippen LogP contribution is -2.46. The number of nitrogens with zero attached hydrogens (tertiary/aromatic N) is 3. The SMILES string of the molecule is C[C@H]1CCCC[C@@H]1N1C(=O)C(=O)N(Cc2cc3ccccc3nc2Cl)C1=O. The number of halogens is 1. The molecule has 2 aliphatic rings. The molecule has 1 aliphatic heterocycles. The number of para-hydroxylation sites is 1. The molecule has 2 aromatic rings. The largest absolute Gasteiger partial charge is 0.334 e. The lowest BCUT2D eigenvalue weighted by atomic mass is 9.85. The molecule has 7 heteroatoms.